The zero-order valence-electron chi connectivity index (χ0n) is 13.3. The molecular weight excluding hydrogens is 268 g/mol. The second-order valence-electron chi connectivity index (χ2n) is 5.64. The normalized spacial score (nSPS) is 21.1. The first-order valence-corrected chi connectivity index (χ1v) is 8.10. The van der Waals surface area contributed by atoms with E-state index in [0.717, 1.165) is 32.1 Å². The standard InChI is InChI=1S/C17H28O4/c1-3-4-11-15-16(21-17(15)19)12-9-7-5-6-8-10-13-20-14(2)18/h3-4,15-16H,5-13H2,1-2H3. The molecule has 4 nitrogen and oxygen atoms in total. The van der Waals surface area contributed by atoms with Crippen molar-refractivity contribution in [3.63, 3.8) is 0 Å². The first-order valence-electron chi connectivity index (χ1n) is 8.10. The molecule has 0 aromatic carbocycles. The monoisotopic (exact) mass is 296 g/mol. The Balaban J connectivity index is 1.92. The Labute approximate surface area is 127 Å². The number of cyclic esters (lactones) is 1. The van der Waals surface area contributed by atoms with E-state index in [4.69, 9.17) is 9.47 Å². The van der Waals surface area contributed by atoms with E-state index in [1.165, 1.54) is 26.2 Å². The van der Waals surface area contributed by atoms with Crippen LogP contribution < -0.4 is 0 Å². The average Bonchev–Trinajstić information content (AvgIpc) is 2.44. The highest BCUT2D eigenvalue weighted by atomic mass is 16.6. The quantitative estimate of drug-likeness (QED) is 0.331. The molecule has 1 fully saturated rings. The summed E-state index contributed by atoms with van der Waals surface area (Å²) in [5.74, 6) is -0.147. The maximum atomic E-state index is 11.3. The van der Waals surface area contributed by atoms with Crippen molar-refractivity contribution in [2.24, 2.45) is 5.92 Å². The summed E-state index contributed by atoms with van der Waals surface area (Å²) in [7, 11) is 0. The molecule has 21 heavy (non-hydrogen) atoms. The molecule has 1 saturated heterocycles. The number of allylic oxidation sites excluding steroid dienone is 2. The highest BCUT2D eigenvalue weighted by molar-refractivity contribution is 5.78. The Morgan fingerprint density at radius 3 is 2.48 bits per heavy atom. The van der Waals surface area contributed by atoms with Crippen LogP contribution in [-0.4, -0.2) is 24.6 Å². The highest BCUT2D eigenvalue weighted by Crippen LogP contribution is 2.30. The zero-order chi connectivity index (χ0) is 15.5. The molecule has 0 N–H and O–H groups in total. The Morgan fingerprint density at radius 2 is 1.86 bits per heavy atom. The first-order chi connectivity index (χ1) is 10.1. The third-order valence-corrected chi connectivity index (χ3v) is 3.83. The van der Waals surface area contributed by atoms with Crippen molar-refractivity contribution in [2.75, 3.05) is 6.61 Å². The van der Waals surface area contributed by atoms with Crippen molar-refractivity contribution in [1.82, 2.24) is 0 Å². The molecule has 2 unspecified atom stereocenters. The first kappa shape index (κ1) is 17.7. The largest absolute Gasteiger partial charge is 0.466 e. The molecule has 1 rings (SSSR count). The number of rotatable bonds is 11. The summed E-state index contributed by atoms with van der Waals surface area (Å²) in [6, 6.07) is 0. The summed E-state index contributed by atoms with van der Waals surface area (Å²) in [5, 5.41) is 0. The lowest BCUT2D eigenvalue weighted by atomic mass is 9.89. The van der Waals surface area contributed by atoms with Crippen LogP contribution in [0.25, 0.3) is 0 Å². The second kappa shape index (κ2) is 10.4. The van der Waals surface area contributed by atoms with Crippen molar-refractivity contribution in [2.45, 2.75) is 71.3 Å². The van der Waals surface area contributed by atoms with Gasteiger partial charge in [0.25, 0.3) is 0 Å². The molecule has 0 bridgehead atoms. The van der Waals surface area contributed by atoms with E-state index >= 15 is 0 Å². The molecule has 120 valence electrons. The van der Waals surface area contributed by atoms with Crippen LogP contribution in [0, 0.1) is 5.92 Å². The van der Waals surface area contributed by atoms with Gasteiger partial charge in [0.15, 0.2) is 0 Å². The minimum absolute atomic E-state index is 0.0384. The molecule has 0 aliphatic carbocycles. The Hall–Kier alpha value is -1.32. The molecule has 1 heterocycles. The maximum absolute atomic E-state index is 11.3. The van der Waals surface area contributed by atoms with Crippen molar-refractivity contribution < 1.29 is 19.1 Å². The van der Waals surface area contributed by atoms with Gasteiger partial charge in [-0.1, -0.05) is 37.8 Å². The summed E-state index contributed by atoms with van der Waals surface area (Å²) in [6.45, 7) is 3.96. The van der Waals surface area contributed by atoms with Crippen LogP contribution >= 0.6 is 0 Å². The minimum Gasteiger partial charge on any atom is -0.466 e. The molecule has 0 radical (unpaired) electrons. The molecule has 0 amide bonds. The predicted octanol–water partition coefficient (Wildman–Crippen LogP) is 3.79. The zero-order valence-corrected chi connectivity index (χ0v) is 13.3. The van der Waals surface area contributed by atoms with Crippen LogP contribution in [0.2, 0.25) is 0 Å². The Morgan fingerprint density at radius 1 is 1.19 bits per heavy atom. The van der Waals surface area contributed by atoms with Gasteiger partial charge in [-0.15, -0.1) is 0 Å². The number of hydrogen-bond acceptors (Lipinski definition) is 4. The van der Waals surface area contributed by atoms with Crippen molar-refractivity contribution >= 4 is 11.9 Å². The lowest BCUT2D eigenvalue weighted by Crippen LogP contribution is -2.44. The van der Waals surface area contributed by atoms with E-state index in [2.05, 4.69) is 0 Å². The lowest BCUT2D eigenvalue weighted by molar-refractivity contribution is -0.184. The van der Waals surface area contributed by atoms with Gasteiger partial charge >= 0.3 is 11.9 Å². The fourth-order valence-corrected chi connectivity index (χ4v) is 2.56. The van der Waals surface area contributed by atoms with Crippen LogP contribution in [0.4, 0.5) is 0 Å². The smallest absolute Gasteiger partial charge is 0.313 e. The molecule has 0 aromatic heterocycles. The van der Waals surface area contributed by atoms with Gasteiger partial charge in [-0.05, 0) is 32.6 Å². The van der Waals surface area contributed by atoms with E-state index in [9.17, 15) is 9.59 Å². The third kappa shape index (κ3) is 7.30. The number of unbranched alkanes of at least 4 members (excludes halogenated alkanes) is 5. The van der Waals surface area contributed by atoms with Crippen molar-refractivity contribution in [3.8, 4) is 0 Å². The van der Waals surface area contributed by atoms with Gasteiger partial charge < -0.3 is 9.47 Å². The number of hydrogen-bond donors (Lipinski definition) is 0. The van der Waals surface area contributed by atoms with Gasteiger partial charge in [-0.25, -0.2) is 0 Å². The Kier molecular flexibility index (Phi) is 8.79. The van der Waals surface area contributed by atoms with Gasteiger partial charge in [0.2, 0.25) is 0 Å². The lowest BCUT2D eigenvalue weighted by Gasteiger charge is -2.34. The average molecular weight is 296 g/mol. The summed E-state index contributed by atoms with van der Waals surface area (Å²) < 4.78 is 10.1. The van der Waals surface area contributed by atoms with E-state index in [-0.39, 0.29) is 24.0 Å². The maximum Gasteiger partial charge on any atom is 0.313 e. The molecule has 0 saturated carbocycles. The van der Waals surface area contributed by atoms with Gasteiger partial charge in [-0.3, -0.25) is 9.59 Å². The second-order valence-corrected chi connectivity index (χ2v) is 5.64. The summed E-state index contributed by atoms with van der Waals surface area (Å²) >= 11 is 0. The minimum atomic E-state index is -0.197. The van der Waals surface area contributed by atoms with Crippen LogP contribution in [0.5, 0.6) is 0 Å². The fraction of sp³-hybridized carbons (Fsp3) is 0.765. The molecule has 0 aromatic rings. The van der Waals surface area contributed by atoms with E-state index < -0.39 is 0 Å². The van der Waals surface area contributed by atoms with Crippen LogP contribution in [0.3, 0.4) is 0 Å². The van der Waals surface area contributed by atoms with Gasteiger partial charge in [0.05, 0.1) is 12.5 Å². The molecule has 2 atom stereocenters. The van der Waals surface area contributed by atoms with Crippen LogP contribution in [0.15, 0.2) is 12.2 Å². The topological polar surface area (TPSA) is 52.6 Å². The highest BCUT2D eigenvalue weighted by Gasteiger charge is 2.40. The van der Waals surface area contributed by atoms with Crippen molar-refractivity contribution in [3.05, 3.63) is 12.2 Å². The number of ether oxygens (including phenoxy) is 2. The van der Waals surface area contributed by atoms with Crippen LogP contribution in [-0.2, 0) is 19.1 Å². The molecule has 1 aliphatic rings. The SMILES string of the molecule is CC=CCC1C(=O)OC1CCCCCCCCOC(C)=O. The van der Waals surface area contributed by atoms with E-state index in [1.807, 2.05) is 19.1 Å². The van der Waals surface area contributed by atoms with Crippen molar-refractivity contribution in [1.29, 1.82) is 0 Å². The number of esters is 2. The molecule has 0 spiro atoms. The molecule has 4 heteroatoms. The predicted molar refractivity (Wildman–Crippen MR) is 81.8 cm³/mol. The molecular formula is C17H28O4. The van der Waals surface area contributed by atoms with Crippen LogP contribution in [0.1, 0.15) is 65.2 Å². The van der Waals surface area contributed by atoms with E-state index in [1.54, 1.807) is 0 Å². The van der Waals surface area contributed by atoms with Gasteiger partial charge in [-0.2, -0.15) is 0 Å². The van der Waals surface area contributed by atoms with Gasteiger partial charge in [0.1, 0.15) is 6.10 Å². The number of carbonyl (C=O) groups excluding carboxylic acids is 2. The fourth-order valence-electron chi connectivity index (χ4n) is 2.56. The third-order valence-electron chi connectivity index (χ3n) is 3.83. The summed E-state index contributed by atoms with van der Waals surface area (Å²) in [6.07, 6.45) is 12.7. The van der Waals surface area contributed by atoms with E-state index in [0.29, 0.717) is 6.61 Å². The number of carbonyl (C=O) groups is 2. The summed E-state index contributed by atoms with van der Waals surface area (Å²) in [5.41, 5.74) is 0. The van der Waals surface area contributed by atoms with Gasteiger partial charge in [0, 0.05) is 6.92 Å². The summed E-state index contributed by atoms with van der Waals surface area (Å²) in [4.78, 5) is 21.9. The Bertz CT molecular complexity index is 349. The molecule has 1 aliphatic heterocycles.